The van der Waals surface area contributed by atoms with Gasteiger partial charge in [-0.15, -0.1) is 0 Å². The van der Waals surface area contributed by atoms with Crippen molar-refractivity contribution in [1.82, 2.24) is 5.32 Å². The molecule has 4 nitrogen and oxygen atoms in total. The van der Waals surface area contributed by atoms with Crippen molar-refractivity contribution < 1.29 is 9.53 Å². The molecule has 0 saturated heterocycles. The molecule has 1 aliphatic carbocycles. The van der Waals surface area contributed by atoms with E-state index in [0.29, 0.717) is 17.8 Å². The predicted octanol–water partition coefficient (Wildman–Crippen LogP) is 3.12. The van der Waals surface area contributed by atoms with Crippen molar-refractivity contribution in [3.8, 4) is 0 Å². The van der Waals surface area contributed by atoms with Gasteiger partial charge in [-0.2, -0.15) is 0 Å². The van der Waals surface area contributed by atoms with Crippen LogP contribution in [0.4, 0.5) is 5.69 Å². The van der Waals surface area contributed by atoms with Gasteiger partial charge in [0.2, 0.25) is 0 Å². The largest absolute Gasteiger partial charge is 0.397 e. The molecular formula is C14H18Cl2N2O2. The lowest BCUT2D eigenvalue weighted by atomic mass is 10.0. The second-order valence-electron chi connectivity index (χ2n) is 5.29. The molecular weight excluding hydrogens is 299 g/mol. The average Bonchev–Trinajstić information content (AvgIpc) is 3.20. The molecule has 1 amide bonds. The van der Waals surface area contributed by atoms with Crippen molar-refractivity contribution in [1.29, 1.82) is 0 Å². The first kappa shape index (κ1) is 15.4. The highest BCUT2D eigenvalue weighted by atomic mass is 35.5. The molecule has 0 atom stereocenters. The van der Waals surface area contributed by atoms with Crippen molar-refractivity contribution >= 4 is 34.8 Å². The summed E-state index contributed by atoms with van der Waals surface area (Å²) in [6.45, 7) is 1.37. The van der Waals surface area contributed by atoms with Crippen LogP contribution in [0.5, 0.6) is 0 Å². The summed E-state index contributed by atoms with van der Waals surface area (Å²) >= 11 is 11.8. The van der Waals surface area contributed by atoms with Gasteiger partial charge in [0.05, 0.1) is 15.7 Å². The quantitative estimate of drug-likeness (QED) is 0.792. The summed E-state index contributed by atoms with van der Waals surface area (Å²) in [5, 5.41) is 3.50. The van der Waals surface area contributed by atoms with Gasteiger partial charge in [0, 0.05) is 25.8 Å². The highest BCUT2D eigenvalue weighted by Crippen LogP contribution is 2.48. The van der Waals surface area contributed by atoms with Crippen molar-refractivity contribution in [2.45, 2.75) is 19.3 Å². The molecule has 0 aliphatic heterocycles. The van der Waals surface area contributed by atoms with E-state index in [9.17, 15) is 4.79 Å². The monoisotopic (exact) mass is 316 g/mol. The Morgan fingerprint density at radius 2 is 2.15 bits per heavy atom. The zero-order valence-electron chi connectivity index (χ0n) is 11.3. The Morgan fingerprint density at radius 3 is 2.70 bits per heavy atom. The fraction of sp³-hybridized carbons (Fsp3) is 0.500. The maximum Gasteiger partial charge on any atom is 0.251 e. The summed E-state index contributed by atoms with van der Waals surface area (Å²) in [5.74, 6) is -0.182. The van der Waals surface area contributed by atoms with Crippen LogP contribution >= 0.6 is 23.2 Å². The third-order valence-electron chi connectivity index (χ3n) is 3.74. The summed E-state index contributed by atoms with van der Waals surface area (Å²) in [4.78, 5) is 12.1. The molecule has 0 heterocycles. The Labute approximate surface area is 128 Å². The van der Waals surface area contributed by atoms with Crippen LogP contribution < -0.4 is 11.1 Å². The molecule has 1 saturated carbocycles. The molecule has 2 rings (SSSR count). The number of hydrogen-bond donors (Lipinski definition) is 2. The predicted molar refractivity (Wildman–Crippen MR) is 81.4 cm³/mol. The summed E-state index contributed by atoms with van der Waals surface area (Å²) in [6.07, 6.45) is 3.22. The molecule has 1 aromatic carbocycles. The van der Waals surface area contributed by atoms with E-state index in [0.717, 1.165) is 25.9 Å². The number of methoxy groups -OCH3 is 1. The van der Waals surface area contributed by atoms with Gasteiger partial charge in [-0.1, -0.05) is 23.2 Å². The van der Waals surface area contributed by atoms with Gasteiger partial charge in [0.25, 0.3) is 5.91 Å². The van der Waals surface area contributed by atoms with E-state index in [4.69, 9.17) is 33.7 Å². The van der Waals surface area contributed by atoms with E-state index in [1.54, 1.807) is 7.11 Å². The van der Waals surface area contributed by atoms with Crippen LogP contribution in [0.1, 0.15) is 29.6 Å². The standard InChI is InChI=1S/C14H18Cl2N2O2/c1-20-5-4-14(2-3-14)8-18-13(19)9-6-10(15)12(16)11(17)7-9/h6-7H,2-5,8,17H2,1H3,(H,18,19). The Hall–Kier alpha value is -0.970. The molecule has 1 aromatic rings. The zero-order chi connectivity index (χ0) is 14.8. The number of carbonyl (C=O) groups excluding carboxylic acids is 1. The first-order valence-corrected chi connectivity index (χ1v) is 7.25. The molecule has 0 aromatic heterocycles. The van der Waals surface area contributed by atoms with Gasteiger partial charge >= 0.3 is 0 Å². The SMILES string of the molecule is COCCC1(CNC(=O)c2cc(N)c(Cl)c(Cl)c2)CC1. The number of nitrogen functional groups attached to an aromatic ring is 1. The van der Waals surface area contributed by atoms with Crippen molar-refractivity contribution in [3.63, 3.8) is 0 Å². The summed E-state index contributed by atoms with van der Waals surface area (Å²) in [5.41, 5.74) is 6.65. The minimum absolute atomic E-state index is 0.182. The van der Waals surface area contributed by atoms with Crippen molar-refractivity contribution in [3.05, 3.63) is 27.7 Å². The smallest absolute Gasteiger partial charge is 0.251 e. The molecule has 0 unspecified atom stereocenters. The summed E-state index contributed by atoms with van der Waals surface area (Å²) in [6, 6.07) is 3.07. The highest BCUT2D eigenvalue weighted by Gasteiger charge is 2.42. The fourth-order valence-corrected chi connectivity index (χ4v) is 2.46. The van der Waals surface area contributed by atoms with Gasteiger partial charge in [0.15, 0.2) is 0 Å². The number of nitrogens with one attached hydrogen (secondary N) is 1. The second-order valence-corrected chi connectivity index (χ2v) is 6.07. The maximum absolute atomic E-state index is 12.1. The van der Waals surface area contributed by atoms with E-state index in [1.807, 2.05) is 0 Å². The van der Waals surface area contributed by atoms with E-state index in [-0.39, 0.29) is 21.4 Å². The number of amides is 1. The van der Waals surface area contributed by atoms with Crippen molar-refractivity contribution in [2.24, 2.45) is 5.41 Å². The second kappa shape index (κ2) is 6.20. The minimum Gasteiger partial charge on any atom is -0.397 e. The number of ether oxygens (including phenoxy) is 1. The highest BCUT2D eigenvalue weighted by molar-refractivity contribution is 6.43. The molecule has 3 N–H and O–H groups in total. The molecule has 1 aliphatic rings. The van der Waals surface area contributed by atoms with Gasteiger partial charge < -0.3 is 15.8 Å². The minimum atomic E-state index is -0.182. The number of carbonyl (C=O) groups is 1. The number of nitrogens with two attached hydrogens (primary N) is 1. The normalized spacial score (nSPS) is 15.9. The average molecular weight is 317 g/mol. The molecule has 6 heteroatoms. The number of benzene rings is 1. The fourth-order valence-electron chi connectivity index (χ4n) is 2.12. The number of anilines is 1. The Kier molecular flexibility index (Phi) is 4.78. The van der Waals surface area contributed by atoms with Crippen LogP contribution in [0, 0.1) is 5.41 Å². The third kappa shape index (κ3) is 3.57. The summed E-state index contributed by atoms with van der Waals surface area (Å²) in [7, 11) is 1.69. The van der Waals surface area contributed by atoms with Crippen LogP contribution in [0.3, 0.4) is 0 Å². The first-order valence-electron chi connectivity index (χ1n) is 6.49. The van der Waals surface area contributed by atoms with Crippen LogP contribution in [0.2, 0.25) is 10.0 Å². The lowest BCUT2D eigenvalue weighted by molar-refractivity contribution is 0.0938. The van der Waals surface area contributed by atoms with Crippen LogP contribution in [0.15, 0.2) is 12.1 Å². The van der Waals surface area contributed by atoms with E-state index >= 15 is 0 Å². The van der Waals surface area contributed by atoms with E-state index in [2.05, 4.69) is 5.32 Å². The molecule has 0 bridgehead atoms. The maximum atomic E-state index is 12.1. The molecule has 1 fully saturated rings. The van der Waals surface area contributed by atoms with Gasteiger partial charge in [-0.05, 0) is 36.8 Å². The zero-order valence-corrected chi connectivity index (χ0v) is 12.9. The molecule has 110 valence electrons. The van der Waals surface area contributed by atoms with Gasteiger partial charge in [-0.25, -0.2) is 0 Å². The number of rotatable bonds is 6. The molecule has 0 spiro atoms. The van der Waals surface area contributed by atoms with Gasteiger partial charge in [-0.3, -0.25) is 4.79 Å². The topological polar surface area (TPSA) is 64.3 Å². The lowest BCUT2D eigenvalue weighted by Crippen LogP contribution is -2.30. The van der Waals surface area contributed by atoms with Crippen LogP contribution in [0.25, 0.3) is 0 Å². The van der Waals surface area contributed by atoms with Crippen molar-refractivity contribution in [2.75, 3.05) is 26.0 Å². The summed E-state index contributed by atoms with van der Waals surface area (Å²) < 4.78 is 5.09. The number of halogens is 2. The number of hydrogen-bond acceptors (Lipinski definition) is 3. The lowest BCUT2D eigenvalue weighted by Gasteiger charge is -2.15. The van der Waals surface area contributed by atoms with Gasteiger partial charge in [0.1, 0.15) is 0 Å². The van der Waals surface area contributed by atoms with Crippen LogP contribution in [-0.2, 0) is 4.74 Å². The first-order chi connectivity index (χ1) is 9.47. The Morgan fingerprint density at radius 1 is 1.45 bits per heavy atom. The molecule has 0 radical (unpaired) electrons. The van der Waals surface area contributed by atoms with Crippen LogP contribution in [-0.4, -0.2) is 26.2 Å². The third-order valence-corrected chi connectivity index (χ3v) is 4.55. The van der Waals surface area contributed by atoms with E-state index in [1.165, 1.54) is 12.1 Å². The molecule has 20 heavy (non-hydrogen) atoms. The van der Waals surface area contributed by atoms with E-state index < -0.39 is 0 Å². The Balaban J connectivity index is 1.96. The Bertz CT molecular complexity index is 493.